The number of para-hydroxylation sites is 2. The molecule has 1 aliphatic carbocycles. The first kappa shape index (κ1) is 30.1. The number of Topliss-reactive ketones (excluding diaryl/α,β-unsaturated/α-hetero) is 1. The molecule has 0 bridgehead atoms. The maximum absolute atomic E-state index is 14.8. The standard InChI is InChI=1S/C36H33ClN2O6/c1-42-24-15-13-21(14-16-24)22-17-28-33(30(40)18-22)34(25-9-5-6-10-26(25)37)39(29-12-8-7-11-27(29)38-28)36(41)23-19-31(43-2)35(45-4)32(20-23)44-3/h5-16,19-20,22,34,38H,17-18H2,1-4H3/t22-,34-/m1/s1. The van der Waals surface area contributed by atoms with Gasteiger partial charge in [-0.3, -0.25) is 14.5 Å². The number of rotatable bonds is 7. The van der Waals surface area contributed by atoms with Gasteiger partial charge in [0.05, 0.1) is 45.9 Å². The average molecular weight is 625 g/mol. The SMILES string of the molecule is COc1ccc([C@H]2CC(=O)C3=C(C2)Nc2ccccc2N(C(=O)c2cc(OC)c(OC)c(OC)c2)[C@@H]3c2ccccc2Cl)cc1. The minimum absolute atomic E-state index is 0.0638. The number of nitrogens with zero attached hydrogens (tertiary/aromatic N) is 1. The van der Waals surface area contributed by atoms with E-state index in [4.69, 9.17) is 30.5 Å². The lowest BCUT2D eigenvalue weighted by atomic mass is 9.78. The van der Waals surface area contributed by atoms with Crippen LogP contribution in [0.15, 0.2) is 96.2 Å². The van der Waals surface area contributed by atoms with Gasteiger partial charge in [0, 0.05) is 28.3 Å². The number of benzene rings is 4. The Morgan fingerprint density at radius 2 is 1.49 bits per heavy atom. The molecule has 0 saturated heterocycles. The third kappa shape index (κ3) is 5.46. The Hall–Kier alpha value is -4.95. The number of hydrogen-bond donors (Lipinski definition) is 1. The molecule has 4 aromatic carbocycles. The number of halogens is 1. The Labute approximate surface area is 267 Å². The van der Waals surface area contributed by atoms with E-state index < -0.39 is 6.04 Å². The summed E-state index contributed by atoms with van der Waals surface area (Å²) in [5, 5.41) is 4.01. The van der Waals surface area contributed by atoms with E-state index in [0.717, 1.165) is 17.0 Å². The molecule has 1 amide bonds. The van der Waals surface area contributed by atoms with Gasteiger partial charge >= 0.3 is 0 Å². The first-order valence-electron chi connectivity index (χ1n) is 14.5. The number of carbonyl (C=O) groups is 2. The summed E-state index contributed by atoms with van der Waals surface area (Å²) in [6.07, 6.45) is 0.839. The maximum atomic E-state index is 14.8. The number of ether oxygens (including phenoxy) is 4. The lowest BCUT2D eigenvalue weighted by Gasteiger charge is -2.35. The van der Waals surface area contributed by atoms with E-state index in [0.29, 0.717) is 56.8 Å². The van der Waals surface area contributed by atoms with Crippen LogP contribution in [0.1, 0.15) is 46.3 Å². The lowest BCUT2D eigenvalue weighted by molar-refractivity contribution is -0.116. The molecule has 2 aliphatic rings. The van der Waals surface area contributed by atoms with Gasteiger partial charge in [0.15, 0.2) is 17.3 Å². The third-order valence-corrected chi connectivity index (χ3v) is 8.75. The smallest absolute Gasteiger partial charge is 0.259 e. The molecular weight excluding hydrogens is 592 g/mol. The van der Waals surface area contributed by atoms with E-state index in [9.17, 15) is 9.59 Å². The number of carbonyl (C=O) groups excluding carboxylic acids is 2. The van der Waals surface area contributed by atoms with Crippen molar-refractivity contribution in [3.8, 4) is 23.0 Å². The minimum atomic E-state index is -0.819. The summed E-state index contributed by atoms with van der Waals surface area (Å²) in [5.41, 5.74) is 4.53. The van der Waals surface area contributed by atoms with E-state index in [2.05, 4.69) is 5.32 Å². The topological polar surface area (TPSA) is 86.3 Å². The summed E-state index contributed by atoms with van der Waals surface area (Å²) in [7, 11) is 6.14. The van der Waals surface area contributed by atoms with Crippen LogP contribution < -0.4 is 29.2 Å². The quantitative estimate of drug-likeness (QED) is 0.227. The zero-order chi connectivity index (χ0) is 31.7. The normalized spacial score (nSPS) is 17.4. The molecule has 0 fully saturated rings. The Bertz CT molecular complexity index is 1780. The number of nitrogens with one attached hydrogen (secondary N) is 1. The van der Waals surface area contributed by atoms with Gasteiger partial charge in [0.25, 0.3) is 5.91 Å². The Morgan fingerprint density at radius 3 is 2.13 bits per heavy atom. The summed E-state index contributed by atoms with van der Waals surface area (Å²) < 4.78 is 22.0. The van der Waals surface area contributed by atoms with Crippen molar-refractivity contribution in [3.05, 3.63) is 118 Å². The third-order valence-electron chi connectivity index (χ3n) is 8.41. The number of hydrogen-bond acceptors (Lipinski definition) is 7. The molecule has 1 heterocycles. The fraction of sp³-hybridized carbons (Fsp3) is 0.222. The molecule has 1 N–H and O–H groups in total. The first-order valence-corrected chi connectivity index (χ1v) is 14.9. The lowest BCUT2D eigenvalue weighted by Crippen LogP contribution is -2.38. The molecule has 8 nitrogen and oxygen atoms in total. The molecule has 45 heavy (non-hydrogen) atoms. The fourth-order valence-corrected chi connectivity index (χ4v) is 6.50. The molecular formula is C36H33ClN2O6. The van der Waals surface area contributed by atoms with Crippen molar-refractivity contribution in [1.82, 2.24) is 0 Å². The van der Waals surface area contributed by atoms with E-state index in [1.807, 2.05) is 66.7 Å². The molecule has 6 rings (SSSR count). The zero-order valence-electron chi connectivity index (χ0n) is 25.4. The molecule has 0 saturated carbocycles. The van der Waals surface area contributed by atoms with Crippen molar-refractivity contribution in [3.63, 3.8) is 0 Å². The van der Waals surface area contributed by atoms with Gasteiger partial charge in [-0.1, -0.05) is 54.1 Å². The Balaban J connectivity index is 1.56. The monoisotopic (exact) mass is 624 g/mol. The van der Waals surface area contributed by atoms with Gasteiger partial charge in [-0.2, -0.15) is 0 Å². The molecule has 9 heteroatoms. The highest BCUT2D eigenvalue weighted by molar-refractivity contribution is 6.31. The van der Waals surface area contributed by atoms with Crippen LogP contribution in [0.2, 0.25) is 5.02 Å². The molecule has 1 aliphatic heterocycles. The van der Waals surface area contributed by atoms with Crippen molar-refractivity contribution in [2.75, 3.05) is 38.7 Å². The van der Waals surface area contributed by atoms with Crippen molar-refractivity contribution >= 4 is 34.7 Å². The minimum Gasteiger partial charge on any atom is -0.497 e. The highest BCUT2D eigenvalue weighted by Gasteiger charge is 2.43. The summed E-state index contributed by atoms with van der Waals surface area (Å²) in [4.78, 5) is 30.8. The van der Waals surface area contributed by atoms with Crippen LogP contribution in [-0.4, -0.2) is 40.1 Å². The molecule has 0 aromatic heterocycles. The largest absolute Gasteiger partial charge is 0.497 e. The number of amides is 1. The van der Waals surface area contributed by atoms with Crippen molar-refractivity contribution in [1.29, 1.82) is 0 Å². The van der Waals surface area contributed by atoms with Gasteiger partial charge in [-0.15, -0.1) is 0 Å². The Morgan fingerprint density at radius 1 is 0.822 bits per heavy atom. The van der Waals surface area contributed by atoms with Gasteiger partial charge in [0.2, 0.25) is 5.75 Å². The molecule has 230 valence electrons. The van der Waals surface area contributed by atoms with E-state index in [1.54, 1.807) is 30.2 Å². The molecule has 4 aromatic rings. The second kappa shape index (κ2) is 12.6. The number of methoxy groups -OCH3 is 4. The molecule has 0 spiro atoms. The number of fused-ring (bicyclic) bond motifs is 1. The maximum Gasteiger partial charge on any atom is 0.259 e. The van der Waals surface area contributed by atoms with Crippen molar-refractivity contribution in [2.24, 2.45) is 0 Å². The van der Waals surface area contributed by atoms with Gasteiger partial charge in [0.1, 0.15) is 5.75 Å². The molecule has 0 radical (unpaired) electrons. The number of anilines is 2. The zero-order valence-corrected chi connectivity index (χ0v) is 26.2. The summed E-state index contributed by atoms with van der Waals surface area (Å²) >= 11 is 6.86. The summed E-state index contributed by atoms with van der Waals surface area (Å²) in [6, 6.07) is 25.1. The molecule has 2 atom stereocenters. The predicted octanol–water partition coefficient (Wildman–Crippen LogP) is 7.59. The van der Waals surface area contributed by atoms with Gasteiger partial charge in [-0.05, 0) is 65.9 Å². The van der Waals surface area contributed by atoms with Crippen LogP contribution in [0.25, 0.3) is 0 Å². The number of allylic oxidation sites excluding steroid dienone is 1. The van der Waals surface area contributed by atoms with Crippen LogP contribution in [0.5, 0.6) is 23.0 Å². The van der Waals surface area contributed by atoms with Crippen LogP contribution >= 0.6 is 11.6 Å². The second-order valence-corrected chi connectivity index (χ2v) is 11.3. The van der Waals surface area contributed by atoms with Gasteiger partial charge in [-0.25, -0.2) is 0 Å². The Kier molecular flexibility index (Phi) is 8.41. The van der Waals surface area contributed by atoms with E-state index in [1.165, 1.54) is 21.3 Å². The van der Waals surface area contributed by atoms with Crippen LogP contribution in [0.3, 0.4) is 0 Å². The first-order chi connectivity index (χ1) is 21.9. The van der Waals surface area contributed by atoms with Crippen molar-refractivity contribution < 1.29 is 28.5 Å². The predicted molar refractivity (Wildman–Crippen MR) is 174 cm³/mol. The molecule has 0 unspecified atom stereocenters. The van der Waals surface area contributed by atoms with Crippen molar-refractivity contribution in [2.45, 2.75) is 24.8 Å². The second-order valence-electron chi connectivity index (χ2n) is 10.8. The van der Waals surface area contributed by atoms with E-state index in [-0.39, 0.29) is 24.0 Å². The van der Waals surface area contributed by atoms with Gasteiger partial charge < -0.3 is 24.3 Å². The van der Waals surface area contributed by atoms with Crippen LogP contribution in [0.4, 0.5) is 11.4 Å². The highest BCUT2D eigenvalue weighted by Crippen LogP contribution is 2.49. The fourth-order valence-electron chi connectivity index (χ4n) is 6.26. The highest BCUT2D eigenvalue weighted by atomic mass is 35.5. The summed E-state index contributed by atoms with van der Waals surface area (Å²) in [6.45, 7) is 0. The van der Waals surface area contributed by atoms with Crippen LogP contribution in [0, 0.1) is 0 Å². The average Bonchev–Trinajstić information content (AvgIpc) is 3.22. The van der Waals surface area contributed by atoms with Crippen LogP contribution in [-0.2, 0) is 4.79 Å². The summed E-state index contributed by atoms with van der Waals surface area (Å²) in [5.74, 6) is 1.30. The number of ketones is 1. The van der Waals surface area contributed by atoms with E-state index >= 15 is 0 Å².